The van der Waals surface area contributed by atoms with E-state index in [1.807, 2.05) is 0 Å². The van der Waals surface area contributed by atoms with E-state index in [0.717, 1.165) is 0 Å². The van der Waals surface area contributed by atoms with E-state index < -0.39 is 0 Å². The van der Waals surface area contributed by atoms with Crippen LogP contribution >= 0.6 is 0 Å². The Kier molecular flexibility index (Phi) is 6.78. The van der Waals surface area contributed by atoms with Crippen molar-refractivity contribution >= 4 is 11.8 Å². The molecule has 0 aromatic heterocycles. The molecule has 1 aromatic rings. The zero-order valence-corrected chi connectivity index (χ0v) is 12.2. The molecule has 0 fully saturated rings. The second-order valence-corrected chi connectivity index (χ2v) is 4.10. The third kappa shape index (κ3) is 5.16. The molecule has 2 amide bonds. The summed E-state index contributed by atoms with van der Waals surface area (Å²) in [7, 11) is 3.09. The van der Waals surface area contributed by atoms with Crippen LogP contribution in [0.4, 0.5) is 0 Å². The van der Waals surface area contributed by atoms with Gasteiger partial charge in [0.2, 0.25) is 5.91 Å². The first kappa shape index (κ1) is 16.5. The van der Waals surface area contributed by atoms with Gasteiger partial charge in [-0.25, -0.2) is 0 Å². The highest BCUT2D eigenvalue weighted by atomic mass is 16.5. The molecule has 4 N–H and O–H groups in total. The maximum atomic E-state index is 12.0. The number of ether oxygens (including phenoxy) is 1. The van der Waals surface area contributed by atoms with Gasteiger partial charge in [0.05, 0.1) is 19.2 Å². The fraction of sp³-hybridized carbons (Fsp3) is 0.333. The average molecular weight is 289 g/mol. The Hall–Kier alpha value is -2.52. The van der Waals surface area contributed by atoms with E-state index in [4.69, 9.17) is 10.5 Å². The summed E-state index contributed by atoms with van der Waals surface area (Å²) in [5.74, 6) is 5.77. The summed E-state index contributed by atoms with van der Waals surface area (Å²) >= 11 is 0. The molecule has 0 heterocycles. The normalized spacial score (nSPS) is 9.29. The van der Waals surface area contributed by atoms with E-state index in [1.165, 1.54) is 7.11 Å². The summed E-state index contributed by atoms with van der Waals surface area (Å²) in [6, 6.07) is 4.95. The van der Waals surface area contributed by atoms with Gasteiger partial charge in [-0.2, -0.15) is 0 Å². The molecule has 1 rings (SSSR count). The molecule has 0 aliphatic rings. The van der Waals surface area contributed by atoms with Crippen LogP contribution in [0, 0.1) is 11.8 Å². The van der Waals surface area contributed by atoms with Gasteiger partial charge in [0.15, 0.2) is 0 Å². The summed E-state index contributed by atoms with van der Waals surface area (Å²) in [4.78, 5) is 23.1. The topological polar surface area (TPSA) is 93.5 Å². The second-order valence-electron chi connectivity index (χ2n) is 4.10. The smallest absolute Gasteiger partial charge is 0.251 e. The Morgan fingerprint density at radius 1 is 1.38 bits per heavy atom. The Labute approximate surface area is 124 Å². The minimum Gasteiger partial charge on any atom is -0.495 e. The van der Waals surface area contributed by atoms with E-state index in [2.05, 4.69) is 22.5 Å². The van der Waals surface area contributed by atoms with Crippen molar-refractivity contribution in [2.45, 2.75) is 6.42 Å². The molecule has 0 unspecified atom stereocenters. The zero-order valence-electron chi connectivity index (χ0n) is 12.2. The van der Waals surface area contributed by atoms with E-state index >= 15 is 0 Å². The van der Waals surface area contributed by atoms with Crippen LogP contribution in [0.25, 0.3) is 0 Å². The number of rotatable bonds is 5. The molecule has 1 aromatic carbocycles. The fourth-order valence-electron chi connectivity index (χ4n) is 1.61. The maximum absolute atomic E-state index is 12.0. The molecule has 0 saturated carbocycles. The number of carbonyl (C=O) groups is 2. The number of carbonyl (C=O) groups excluding carboxylic acids is 2. The lowest BCUT2D eigenvalue weighted by Gasteiger charge is -2.08. The number of hydrogen-bond acceptors (Lipinski definition) is 4. The Bertz CT molecular complexity index is 573. The highest BCUT2D eigenvalue weighted by Crippen LogP contribution is 2.18. The van der Waals surface area contributed by atoms with Crippen LogP contribution in [0.1, 0.15) is 22.3 Å². The van der Waals surface area contributed by atoms with Crippen molar-refractivity contribution in [3.05, 3.63) is 29.3 Å². The van der Waals surface area contributed by atoms with E-state index in [0.29, 0.717) is 16.9 Å². The van der Waals surface area contributed by atoms with Crippen molar-refractivity contribution in [3.8, 4) is 17.6 Å². The van der Waals surface area contributed by atoms with Crippen LogP contribution in [0.2, 0.25) is 0 Å². The van der Waals surface area contributed by atoms with Gasteiger partial charge in [0.25, 0.3) is 5.91 Å². The van der Waals surface area contributed by atoms with Crippen LogP contribution in [0.5, 0.6) is 5.75 Å². The van der Waals surface area contributed by atoms with Gasteiger partial charge in [0, 0.05) is 25.6 Å². The first-order valence-electron chi connectivity index (χ1n) is 6.48. The predicted molar refractivity (Wildman–Crippen MR) is 79.9 cm³/mol. The number of nitrogens with two attached hydrogens (primary N) is 1. The number of hydrogen-bond donors (Lipinski definition) is 3. The van der Waals surface area contributed by atoms with Crippen molar-refractivity contribution in [3.63, 3.8) is 0 Å². The number of nitrogens with one attached hydrogen (secondary N) is 2. The summed E-state index contributed by atoms with van der Waals surface area (Å²) in [5, 5.41) is 5.16. The SMILES string of the molecule is CNC(=O)CCNC(=O)c1ccc(OC)c(C#CCN)c1. The molecular formula is C15H19N3O3. The van der Waals surface area contributed by atoms with E-state index in [1.54, 1.807) is 25.2 Å². The first-order chi connectivity index (χ1) is 10.1. The number of benzene rings is 1. The molecule has 0 bridgehead atoms. The summed E-state index contributed by atoms with van der Waals surface area (Å²) in [6.45, 7) is 0.500. The zero-order chi connectivity index (χ0) is 15.7. The van der Waals surface area contributed by atoms with Gasteiger partial charge in [-0.1, -0.05) is 11.8 Å². The van der Waals surface area contributed by atoms with Crippen molar-refractivity contribution in [1.29, 1.82) is 0 Å². The lowest BCUT2D eigenvalue weighted by Crippen LogP contribution is -2.29. The maximum Gasteiger partial charge on any atom is 0.251 e. The van der Waals surface area contributed by atoms with E-state index in [9.17, 15) is 9.59 Å². The van der Waals surface area contributed by atoms with Crippen LogP contribution in [0.3, 0.4) is 0 Å². The molecule has 112 valence electrons. The Morgan fingerprint density at radius 3 is 2.76 bits per heavy atom. The average Bonchev–Trinajstić information content (AvgIpc) is 2.52. The summed E-state index contributed by atoms with van der Waals surface area (Å²) in [5.41, 5.74) is 6.39. The molecule has 0 spiro atoms. The highest BCUT2D eigenvalue weighted by molar-refractivity contribution is 5.95. The molecular weight excluding hydrogens is 270 g/mol. The summed E-state index contributed by atoms with van der Waals surface area (Å²) in [6.07, 6.45) is 0.234. The van der Waals surface area contributed by atoms with Crippen molar-refractivity contribution in [2.75, 3.05) is 27.2 Å². The third-order valence-corrected chi connectivity index (χ3v) is 2.70. The molecule has 0 aliphatic heterocycles. The van der Waals surface area contributed by atoms with Gasteiger partial charge in [-0.3, -0.25) is 9.59 Å². The molecule has 6 heteroatoms. The van der Waals surface area contributed by atoms with Gasteiger partial charge in [-0.15, -0.1) is 0 Å². The van der Waals surface area contributed by atoms with Crippen LogP contribution in [0.15, 0.2) is 18.2 Å². The fourth-order valence-corrected chi connectivity index (χ4v) is 1.61. The minimum atomic E-state index is -0.266. The van der Waals surface area contributed by atoms with Crippen molar-refractivity contribution < 1.29 is 14.3 Å². The highest BCUT2D eigenvalue weighted by Gasteiger charge is 2.09. The quantitative estimate of drug-likeness (QED) is 0.658. The van der Waals surface area contributed by atoms with Gasteiger partial charge in [-0.05, 0) is 18.2 Å². The standard InChI is InChI=1S/C15H19N3O3/c1-17-14(19)7-9-18-15(20)12-5-6-13(21-2)11(10-12)4-3-8-16/h5-6,10H,7-9,16H2,1-2H3,(H,17,19)(H,18,20). The lowest BCUT2D eigenvalue weighted by molar-refractivity contribution is -0.120. The second kappa shape index (κ2) is 8.61. The van der Waals surface area contributed by atoms with Gasteiger partial charge < -0.3 is 21.1 Å². The predicted octanol–water partition coefficient (Wildman–Crippen LogP) is -0.129. The number of methoxy groups -OCH3 is 1. The molecule has 0 radical (unpaired) electrons. The Balaban J connectivity index is 2.78. The van der Waals surface area contributed by atoms with Crippen LogP contribution in [-0.4, -0.2) is 39.1 Å². The van der Waals surface area contributed by atoms with Crippen LogP contribution in [-0.2, 0) is 4.79 Å². The van der Waals surface area contributed by atoms with Gasteiger partial charge in [0.1, 0.15) is 5.75 Å². The van der Waals surface area contributed by atoms with E-state index in [-0.39, 0.29) is 31.3 Å². The monoisotopic (exact) mass is 289 g/mol. The third-order valence-electron chi connectivity index (χ3n) is 2.70. The Morgan fingerprint density at radius 2 is 2.14 bits per heavy atom. The number of amides is 2. The van der Waals surface area contributed by atoms with Gasteiger partial charge >= 0.3 is 0 Å². The first-order valence-corrected chi connectivity index (χ1v) is 6.48. The lowest BCUT2D eigenvalue weighted by atomic mass is 10.1. The molecule has 0 atom stereocenters. The molecule has 0 saturated heterocycles. The molecule has 21 heavy (non-hydrogen) atoms. The largest absolute Gasteiger partial charge is 0.495 e. The molecule has 0 aliphatic carbocycles. The molecule has 6 nitrogen and oxygen atoms in total. The minimum absolute atomic E-state index is 0.125. The van der Waals surface area contributed by atoms with Crippen molar-refractivity contribution in [2.24, 2.45) is 5.73 Å². The van der Waals surface area contributed by atoms with Crippen LogP contribution < -0.4 is 21.1 Å². The van der Waals surface area contributed by atoms with Crippen molar-refractivity contribution in [1.82, 2.24) is 10.6 Å². The summed E-state index contributed by atoms with van der Waals surface area (Å²) < 4.78 is 5.18.